The lowest BCUT2D eigenvalue weighted by atomic mass is 10.2. The minimum atomic E-state index is -0.938. The smallest absolute Gasteiger partial charge is 0.320 e. The standard InChI is InChI=1S/C8H12N2O2.C2H5N3O2/c1-2-3-4-5-8(9-6-11)10-7-12;3-1(6)5-2(4)7/h8H,2-5H2,1H3;(H5,3,4,5,6,7). The molecular weight excluding hydrogens is 254 g/mol. The molecule has 0 saturated carbocycles. The molecule has 0 saturated heterocycles. The van der Waals surface area contributed by atoms with Crippen molar-refractivity contribution in [3.63, 3.8) is 0 Å². The molecule has 0 aromatic heterocycles. The van der Waals surface area contributed by atoms with Crippen LogP contribution in [-0.2, 0) is 9.59 Å². The molecule has 0 bridgehead atoms. The van der Waals surface area contributed by atoms with Gasteiger partial charge in [0.05, 0.1) is 0 Å². The van der Waals surface area contributed by atoms with Gasteiger partial charge in [-0.2, -0.15) is 9.98 Å². The van der Waals surface area contributed by atoms with Crippen LogP contribution >= 0.6 is 0 Å². The maximum atomic E-state index is 9.84. The monoisotopic (exact) mass is 271 g/mol. The highest BCUT2D eigenvalue weighted by Crippen LogP contribution is 2.06. The summed E-state index contributed by atoms with van der Waals surface area (Å²) in [6, 6.07) is -1.88. The van der Waals surface area contributed by atoms with Gasteiger partial charge in [-0.15, -0.1) is 0 Å². The fourth-order valence-corrected chi connectivity index (χ4v) is 0.978. The molecule has 0 aromatic rings. The van der Waals surface area contributed by atoms with E-state index in [1.54, 1.807) is 5.32 Å². The van der Waals surface area contributed by atoms with Crippen molar-refractivity contribution in [2.24, 2.45) is 21.5 Å². The highest BCUT2D eigenvalue weighted by Gasteiger charge is 2.02. The molecule has 19 heavy (non-hydrogen) atoms. The number of amides is 4. The van der Waals surface area contributed by atoms with Crippen LogP contribution in [0, 0.1) is 0 Å². The molecule has 0 spiro atoms. The lowest BCUT2D eigenvalue weighted by molar-refractivity contribution is 0.236. The van der Waals surface area contributed by atoms with Crippen molar-refractivity contribution in [3.8, 4) is 0 Å². The Bertz CT molecular complexity index is 342. The molecule has 0 aliphatic carbocycles. The van der Waals surface area contributed by atoms with Gasteiger partial charge in [0, 0.05) is 0 Å². The SMILES string of the molecule is CCCCCC(N=C=O)N=C=O.NC(=O)NC(N)=O. The number of unbranched alkanes of at least 4 members (excludes halogenated alkanes) is 2. The average Bonchev–Trinajstić information content (AvgIpc) is 2.29. The summed E-state index contributed by atoms with van der Waals surface area (Å²) >= 11 is 0. The highest BCUT2D eigenvalue weighted by atomic mass is 16.2. The van der Waals surface area contributed by atoms with Crippen molar-refractivity contribution in [2.75, 3.05) is 0 Å². The Morgan fingerprint density at radius 2 is 1.58 bits per heavy atom. The van der Waals surface area contributed by atoms with E-state index in [4.69, 9.17) is 0 Å². The molecular formula is C10H17N5O4. The molecule has 106 valence electrons. The summed E-state index contributed by atoms with van der Waals surface area (Å²) in [5.41, 5.74) is 8.88. The molecule has 0 heterocycles. The second-order valence-corrected chi connectivity index (χ2v) is 3.27. The van der Waals surface area contributed by atoms with Gasteiger partial charge >= 0.3 is 12.1 Å². The molecule has 5 N–H and O–H groups in total. The van der Waals surface area contributed by atoms with E-state index in [0.717, 1.165) is 19.3 Å². The molecule has 0 rings (SSSR count). The Morgan fingerprint density at radius 3 is 1.84 bits per heavy atom. The number of rotatable bonds is 6. The van der Waals surface area contributed by atoms with Crippen LogP contribution in [0.1, 0.15) is 32.6 Å². The van der Waals surface area contributed by atoms with E-state index in [9.17, 15) is 19.2 Å². The van der Waals surface area contributed by atoms with Crippen molar-refractivity contribution in [1.29, 1.82) is 0 Å². The van der Waals surface area contributed by atoms with Crippen LogP contribution in [0.4, 0.5) is 9.59 Å². The third-order valence-corrected chi connectivity index (χ3v) is 1.72. The molecule has 0 atom stereocenters. The number of urea groups is 2. The third kappa shape index (κ3) is 18.1. The third-order valence-electron chi connectivity index (χ3n) is 1.72. The molecule has 9 nitrogen and oxygen atoms in total. The number of hydrogen-bond donors (Lipinski definition) is 3. The normalized spacial score (nSPS) is 9.74. The number of aliphatic imine (C=N–C) groups is 2. The Balaban J connectivity index is 0. The summed E-state index contributed by atoms with van der Waals surface area (Å²) < 4.78 is 0. The lowest BCUT2D eigenvalue weighted by Crippen LogP contribution is -2.38. The summed E-state index contributed by atoms with van der Waals surface area (Å²) in [6.07, 6.45) is 5.88. The quantitative estimate of drug-likeness (QED) is 0.360. The zero-order chi connectivity index (χ0) is 15.1. The van der Waals surface area contributed by atoms with E-state index in [-0.39, 0.29) is 0 Å². The van der Waals surface area contributed by atoms with Gasteiger partial charge in [0.1, 0.15) is 0 Å². The van der Waals surface area contributed by atoms with Crippen molar-refractivity contribution in [1.82, 2.24) is 5.32 Å². The molecule has 4 amide bonds. The number of imide groups is 1. The number of primary amides is 2. The van der Waals surface area contributed by atoms with Gasteiger partial charge in [-0.1, -0.05) is 19.8 Å². The summed E-state index contributed by atoms with van der Waals surface area (Å²) in [6.45, 7) is 2.07. The zero-order valence-corrected chi connectivity index (χ0v) is 10.6. The van der Waals surface area contributed by atoms with Crippen LogP contribution in [0.5, 0.6) is 0 Å². The van der Waals surface area contributed by atoms with E-state index in [1.807, 2.05) is 0 Å². The Labute approximate surface area is 110 Å². The molecule has 0 unspecified atom stereocenters. The van der Waals surface area contributed by atoms with Crippen LogP contribution in [0.25, 0.3) is 0 Å². The topological polar surface area (TPSA) is 157 Å². The van der Waals surface area contributed by atoms with Gasteiger partial charge in [0.2, 0.25) is 12.2 Å². The van der Waals surface area contributed by atoms with Crippen molar-refractivity contribution >= 4 is 24.2 Å². The number of carbonyl (C=O) groups is 2. The predicted octanol–water partition coefficient (Wildman–Crippen LogP) is 0.298. The summed E-state index contributed by atoms with van der Waals surface area (Å²) in [5.74, 6) is 0. The maximum absolute atomic E-state index is 9.84. The first kappa shape index (κ1) is 18.9. The number of isocyanates is 2. The number of nitrogens with two attached hydrogens (primary N) is 2. The van der Waals surface area contributed by atoms with E-state index in [0.29, 0.717) is 6.42 Å². The van der Waals surface area contributed by atoms with Crippen LogP contribution in [0.2, 0.25) is 0 Å². The zero-order valence-electron chi connectivity index (χ0n) is 10.6. The summed E-state index contributed by atoms with van der Waals surface area (Å²) in [7, 11) is 0. The van der Waals surface area contributed by atoms with Crippen molar-refractivity contribution in [3.05, 3.63) is 0 Å². The first-order valence-corrected chi connectivity index (χ1v) is 5.47. The Morgan fingerprint density at radius 1 is 1.11 bits per heavy atom. The second-order valence-electron chi connectivity index (χ2n) is 3.27. The van der Waals surface area contributed by atoms with E-state index >= 15 is 0 Å². The van der Waals surface area contributed by atoms with Crippen LogP contribution in [-0.4, -0.2) is 30.4 Å². The molecule has 9 heteroatoms. The first-order chi connectivity index (χ1) is 8.97. The molecule has 0 aliphatic rings. The average molecular weight is 271 g/mol. The summed E-state index contributed by atoms with van der Waals surface area (Å²) in [5, 5.41) is 1.58. The molecule has 0 radical (unpaired) electrons. The van der Waals surface area contributed by atoms with Gasteiger partial charge in [0.15, 0.2) is 6.17 Å². The number of nitrogens with one attached hydrogen (secondary N) is 1. The number of nitrogens with zero attached hydrogens (tertiary/aromatic N) is 2. The van der Waals surface area contributed by atoms with Crippen LogP contribution in [0.15, 0.2) is 9.98 Å². The minimum Gasteiger partial charge on any atom is -0.351 e. The largest absolute Gasteiger partial charge is 0.351 e. The van der Waals surface area contributed by atoms with E-state index in [1.165, 1.54) is 12.2 Å². The molecule has 0 fully saturated rings. The predicted molar refractivity (Wildman–Crippen MR) is 66.5 cm³/mol. The van der Waals surface area contributed by atoms with E-state index in [2.05, 4.69) is 28.4 Å². The van der Waals surface area contributed by atoms with Gasteiger partial charge in [-0.3, -0.25) is 5.32 Å². The first-order valence-electron chi connectivity index (χ1n) is 5.47. The second kappa shape index (κ2) is 13.6. The Hall–Kier alpha value is -2.50. The van der Waals surface area contributed by atoms with Gasteiger partial charge in [-0.25, -0.2) is 19.2 Å². The molecule has 0 aromatic carbocycles. The van der Waals surface area contributed by atoms with Crippen molar-refractivity contribution in [2.45, 2.75) is 38.8 Å². The van der Waals surface area contributed by atoms with E-state index < -0.39 is 18.2 Å². The van der Waals surface area contributed by atoms with Gasteiger partial charge in [-0.05, 0) is 12.8 Å². The van der Waals surface area contributed by atoms with Crippen LogP contribution in [0.3, 0.4) is 0 Å². The minimum absolute atomic E-state index is 0.563. The number of hydrogen-bond acceptors (Lipinski definition) is 6. The van der Waals surface area contributed by atoms with Gasteiger partial charge < -0.3 is 11.5 Å². The van der Waals surface area contributed by atoms with Crippen molar-refractivity contribution < 1.29 is 19.2 Å². The number of carbonyl (C=O) groups excluding carboxylic acids is 4. The lowest BCUT2D eigenvalue weighted by Gasteiger charge is -2.00. The summed E-state index contributed by atoms with van der Waals surface area (Å²) in [4.78, 5) is 45.6. The highest BCUT2D eigenvalue weighted by molar-refractivity contribution is 5.91. The van der Waals surface area contributed by atoms with Gasteiger partial charge in [0.25, 0.3) is 0 Å². The molecule has 0 aliphatic heterocycles. The fraction of sp³-hybridized carbons (Fsp3) is 0.600. The Kier molecular flexibility index (Phi) is 13.5. The fourth-order valence-electron chi connectivity index (χ4n) is 0.978. The van der Waals surface area contributed by atoms with Crippen LogP contribution < -0.4 is 16.8 Å². The maximum Gasteiger partial charge on any atom is 0.320 e.